The first-order valence-corrected chi connectivity index (χ1v) is 8.58. The number of rotatable bonds is 5. The number of nitrogens with one attached hydrogen (secondary N) is 1. The van der Waals surface area contributed by atoms with Crippen LogP contribution >= 0.6 is 11.3 Å². The lowest BCUT2D eigenvalue weighted by Gasteiger charge is -2.08. The van der Waals surface area contributed by atoms with Gasteiger partial charge >= 0.3 is 0 Å². The number of fused-ring (bicyclic) bond motifs is 1. The van der Waals surface area contributed by atoms with E-state index < -0.39 is 0 Å². The quantitative estimate of drug-likeness (QED) is 0.604. The molecule has 3 heterocycles. The summed E-state index contributed by atoms with van der Waals surface area (Å²) in [5.74, 6) is 1.35. The highest BCUT2D eigenvalue weighted by molar-refractivity contribution is 7.18. The van der Waals surface area contributed by atoms with Crippen LogP contribution in [0.3, 0.4) is 0 Å². The van der Waals surface area contributed by atoms with Gasteiger partial charge in [-0.2, -0.15) is 19.7 Å². The summed E-state index contributed by atoms with van der Waals surface area (Å²) in [7, 11) is 0. The second kappa shape index (κ2) is 6.37. The third kappa shape index (κ3) is 2.85. The molecule has 7 heteroatoms. The molecular formula is C17H16N6S. The molecule has 0 bridgehead atoms. The lowest BCUT2D eigenvalue weighted by Crippen LogP contribution is -2.07. The number of hydrogen-bond acceptors (Lipinski definition) is 6. The zero-order valence-electron chi connectivity index (χ0n) is 13.2. The van der Waals surface area contributed by atoms with Gasteiger partial charge < -0.3 is 5.32 Å². The molecule has 24 heavy (non-hydrogen) atoms. The van der Waals surface area contributed by atoms with E-state index in [0.29, 0.717) is 12.5 Å². The van der Waals surface area contributed by atoms with Crippen LogP contribution in [0.4, 0.5) is 5.82 Å². The first kappa shape index (κ1) is 14.8. The first-order chi connectivity index (χ1) is 11.8. The predicted octanol–water partition coefficient (Wildman–Crippen LogP) is 3.45. The summed E-state index contributed by atoms with van der Waals surface area (Å²) >= 11 is 1.69. The number of thiophene rings is 1. The molecule has 0 atom stereocenters. The molecule has 0 fully saturated rings. The van der Waals surface area contributed by atoms with E-state index in [1.165, 1.54) is 16.8 Å². The van der Waals surface area contributed by atoms with Gasteiger partial charge in [0.15, 0.2) is 0 Å². The summed E-state index contributed by atoms with van der Waals surface area (Å²) in [5.41, 5.74) is 1.21. The molecule has 0 unspecified atom stereocenters. The van der Waals surface area contributed by atoms with Gasteiger partial charge in [-0.15, -0.1) is 11.3 Å². The van der Waals surface area contributed by atoms with Gasteiger partial charge in [0.25, 0.3) is 5.95 Å². The van der Waals surface area contributed by atoms with Gasteiger partial charge in [-0.25, -0.2) is 4.98 Å². The van der Waals surface area contributed by atoms with Gasteiger partial charge in [0, 0.05) is 11.4 Å². The standard InChI is InChI=1S/C17H16N6S/c1-2-13-8-14-15(19-9-12-6-4-3-5-7-12)21-17(22-16(14)24-13)23-11-18-10-20-23/h3-8,10-11H,2,9H2,1H3,(H,19,21,22). The molecule has 6 nitrogen and oxygen atoms in total. The highest BCUT2D eigenvalue weighted by Gasteiger charge is 2.13. The Hall–Kier alpha value is -2.80. The Morgan fingerprint density at radius 2 is 2.04 bits per heavy atom. The second-order valence-corrected chi connectivity index (χ2v) is 6.45. The number of benzene rings is 1. The molecule has 0 amide bonds. The smallest absolute Gasteiger partial charge is 0.255 e. The Morgan fingerprint density at radius 3 is 2.79 bits per heavy atom. The SMILES string of the molecule is CCc1cc2c(NCc3ccccc3)nc(-n3cncn3)nc2s1. The summed E-state index contributed by atoms with van der Waals surface area (Å²) in [6.07, 6.45) is 4.07. The minimum absolute atomic E-state index is 0.528. The van der Waals surface area contributed by atoms with Crippen LogP contribution in [0, 0.1) is 0 Å². The molecule has 0 saturated heterocycles. The lowest BCUT2D eigenvalue weighted by atomic mass is 10.2. The Morgan fingerprint density at radius 1 is 1.17 bits per heavy atom. The van der Waals surface area contributed by atoms with Gasteiger partial charge in [-0.3, -0.25) is 0 Å². The maximum Gasteiger partial charge on any atom is 0.255 e. The van der Waals surface area contributed by atoms with Crippen LogP contribution in [0.15, 0.2) is 49.1 Å². The van der Waals surface area contributed by atoms with Crippen LogP contribution in [0.1, 0.15) is 17.4 Å². The van der Waals surface area contributed by atoms with Gasteiger partial charge in [-0.05, 0) is 18.1 Å². The maximum atomic E-state index is 4.65. The normalized spacial score (nSPS) is 11.0. The molecule has 1 N–H and O–H groups in total. The van der Waals surface area contributed by atoms with E-state index in [1.54, 1.807) is 22.3 Å². The van der Waals surface area contributed by atoms with Crippen molar-refractivity contribution in [2.45, 2.75) is 19.9 Å². The molecule has 0 spiro atoms. The largest absolute Gasteiger partial charge is 0.365 e. The zero-order valence-corrected chi connectivity index (χ0v) is 14.0. The summed E-state index contributed by atoms with van der Waals surface area (Å²) < 4.78 is 1.58. The highest BCUT2D eigenvalue weighted by atomic mass is 32.1. The third-order valence-electron chi connectivity index (χ3n) is 3.71. The summed E-state index contributed by atoms with van der Waals surface area (Å²) in [6.45, 7) is 2.86. The molecule has 0 saturated carbocycles. The van der Waals surface area contributed by atoms with Crippen molar-refractivity contribution in [1.82, 2.24) is 24.7 Å². The number of anilines is 1. The van der Waals surface area contributed by atoms with Gasteiger partial charge in [0.1, 0.15) is 23.3 Å². The van der Waals surface area contributed by atoms with Crippen LogP contribution in [0.25, 0.3) is 16.2 Å². The molecular weight excluding hydrogens is 320 g/mol. The molecule has 4 rings (SSSR count). The van der Waals surface area contributed by atoms with Gasteiger partial charge in [0.2, 0.25) is 0 Å². The zero-order chi connectivity index (χ0) is 16.4. The van der Waals surface area contributed by atoms with E-state index >= 15 is 0 Å². The van der Waals surface area contributed by atoms with E-state index in [2.05, 4.69) is 50.5 Å². The molecule has 0 aliphatic rings. The van der Waals surface area contributed by atoms with Gasteiger partial charge in [0.05, 0.1) is 5.39 Å². The summed E-state index contributed by atoms with van der Waals surface area (Å²) in [4.78, 5) is 15.5. The molecule has 1 aromatic carbocycles. The van der Waals surface area contributed by atoms with Crippen molar-refractivity contribution < 1.29 is 0 Å². The summed E-state index contributed by atoms with van der Waals surface area (Å²) in [6, 6.07) is 12.4. The number of aryl methyl sites for hydroxylation is 1. The minimum Gasteiger partial charge on any atom is -0.365 e. The van der Waals surface area contributed by atoms with Crippen molar-refractivity contribution in [1.29, 1.82) is 0 Å². The topological polar surface area (TPSA) is 68.5 Å². The molecule has 0 aliphatic heterocycles. The van der Waals surface area contributed by atoms with Crippen molar-refractivity contribution in [3.8, 4) is 5.95 Å². The van der Waals surface area contributed by atoms with Crippen LogP contribution < -0.4 is 5.32 Å². The lowest BCUT2D eigenvalue weighted by molar-refractivity contribution is 0.815. The van der Waals surface area contributed by atoms with E-state index in [1.807, 2.05) is 18.2 Å². The Bertz CT molecular complexity index is 946. The number of hydrogen-bond donors (Lipinski definition) is 1. The Balaban J connectivity index is 1.75. The van der Waals surface area contributed by atoms with E-state index in [0.717, 1.165) is 22.5 Å². The van der Waals surface area contributed by atoms with Crippen LogP contribution in [-0.2, 0) is 13.0 Å². The van der Waals surface area contributed by atoms with E-state index in [-0.39, 0.29) is 0 Å². The first-order valence-electron chi connectivity index (χ1n) is 7.76. The van der Waals surface area contributed by atoms with Crippen molar-refractivity contribution >= 4 is 27.4 Å². The number of aromatic nitrogens is 5. The number of nitrogens with zero attached hydrogens (tertiary/aromatic N) is 5. The average Bonchev–Trinajstić information content (AvgIpc) is 3.29. The highest BCUT2D eigenvalue weighted by Crippen LogP contribution is 2.30. The van der Waals surface area contributed by atoms with Crippen molar-refractivity contribution in [3.05, 3.63) is 59.5 Å². The van der Waals surface area contributed by atoms with Crippen molar-refractivity contribution in [3.63, 3.8) is 0 Å². The third-order valence-corrected chi connectivity index (χ3v) is 4.88. The molecule has 120 valence electrons. The van der Waals surface area contributed by atoms with Gasteiger partial charge in [-0.1, -0.05) is 37.3 Å². The molecule has 4 aromatic rings. The van der Waals surface area contributed by atoms with E-state index in [4.69, 9.17) is 0 Å². The molecule has 3 aromatic heterocycles. The fourth-order valence-electron chi connectivity index (χ4n) is 2.46. The second-order valence-electron chi connectivity index (χ2n) is 5.34. The Kier molecular flexibility index (Phi) is 3.92. The molecule has 0 aliphatic carbocycles. The predicted molar refractivity (Wildman–Crippen MR) is 95.5 cm³/mol. The fourth-order valence-corrected chi connectivity index (χ4v) is 3.43. The van der Waals surface area contributed by atoms with Crippen molar-refractivity contribution in [2.24, 2.45) is 0 Å². The van der Waals surface area contributed by atoms with Crippen LogP contribution in [-0.4, -0.2) is 24.7 Å². The molecule has 0 radical (unpaired) electrons. The van der Waals surface area contributed by atoms with Crippen LogP contribution in [0.2, 0.25) is 0 Å². The minimum atomic E-state index is 0.528. The monoisotopic (exact) mass is 336 g/mol. The average molecular weight is 336 g/mol. The Labute approximate surface area is 143 Å². The van der Waals surface area contributed by atoms with Crippen LogP contribution in [0.5, 0.6) is 0 Å². The van der Waals surface area contributed by atoms with E-state index in [9.17, 15) is 0 Å². The van der Waals surface area contributed by atoms with Crippen molar-refractivity contribution in [2.75, 3.05) is 5.32 Å². The summed E-state index contributed by atoms with van der Waals surface area (Å²) in [5, 5.41) is 8.63. The fraction of sp³-hybridized carbons (Fsp3) is 0.176. The maximum absolute atomic E-state index is 4.65.